The number of amides is 2. The Hall–Kier alpha value is -2.86. The fourth-order valence-electron chi connectivity index (χ4n) is 4.21. The SMILES string of the molecule is CCCC(C)COc1ccc([C@@H](CNC(=O)[C@@H](N)CC2CC2)NC(=O)[C@@H](C)c2ccccc2)cc1. The third-order valence-electron chi connectivity index (χ3n) is 6.71. The summed E-state index contributed by atoms with van der Waals surface area (Å²) in [7, 11) is 0. The highest BCUT2D eigenvalue weighted by Gasteiger charge is 2.28. The van der Waals surface area contributed by atoms with Gasteiger partial charge in [-0.15, -0.1) is 0 Å². The molecule has 1 aliphatic rings. The molecule has 3 rings (SSSR count). The van der Waals surface area contributed by atoms with Crippen LogP contribution in [0.15, 0.2) is 54.6 Å². The lowest BCUT2D eigenvalue weighted by Crippen LogP contribution is -2.45. The lowest BCUT2D eigenvalue weighted by molar-refractivity contribution is -0.125. The summed E-state index contributed by atoms with van der Waals surface area (Å²) >= 11 is 0. The van der Waals surface area contributed by atoms with Crippen LogP contribution in [0, 0.1) is 11.8 Å². The second-order valence-electron chi connectivity index (χ2n) is 10.00. The van der Waals surface area contributed by atoms with Gasteiger partial charge in [-0.05, 0) is 54.9 Å². The highest BCUT2D eigenvalue weighted by molar-refractivity contribution is 5.84. The summed E-state index contributed by atoms with van der Waals surface area (Å²) in [6, 6.07) is 16.6. The molecule has 0 bridgehead atoms. The van der Waals surface area contributed by atoms with Crippen LogP contribution < -0.4 is 21.1 Å². The van der Waals surface area contributed by atoms with Gasteiger partial charge in [-0.25, -0.2) is 0 Å². The zero-order valence-electron chi connectivity index (χ0n) is 21.3. The minimum Gasteiger partial charge on any atom is -0.493 e. The molecule has 1 fully saturated rings. The quantitative estimate of drug-likeness (QED) is 0.366. The van der Waals surface area contributed by atoms with Crippen LogP contribution in [0.3, 0.4) is 0 Å². The molecule has 6 nitrogen and oxygen atoms in total. The van der Waals surface area contributed by atoms with Crippen LogP contribution in [0.5, 0.6) is 5.75 Å². The van der Waals surface area contributed by atoms with E-state index in [9.17, 15) is 9.59 Å². The molecule has 35 heavy (non-hydrogen) atoms. The zero-order chi connectivity index (χ0) is 25.2. The van der Waals surface area contributed by atoms with Gasteiger partial charge in [0.25, 0.3) is 0 Å². The van der Waals surface area contributed by atoms with E-state index in [4.69, 9.17) is 10.5 Å². The molecule has 2 aromatic rings. The maximum atomic E-state index is 13.1. The standard InChI is InChI=1S/C29H41N3O3/c1-4-8-20(2)19-35-25-15-13-24(14-16-25)27(18-31-29(34)26(30)17-22-11-12-22)32-28(33)21(3)23-9-6-5-7-10-23/h5-7,9-10,13-16,20-22,26-27H,4,8,11-12,17-19,30H2,1-3H3,(H,31,34)(H,32,33)/t20?,21-,26-,27+/m0/s1. The summed E-state index contributed by atoms with van der Waals surface area (Å²) in [5.41, 5.74) is 7.95. The van der Waals surface area contributed by atoms with E-state index in [0.717, 1.165) is 49.0 Å². The fourth-order valence-corrected chi connectivity index (χ4v) is 4.21. The Morgan fingerprint density at radius 1 is 1.00 bits per heavy atom. The lowest BCUT2D eigenvalue weighted by Gasteiger charge is -2.23. The molecule has 1 saturated carbocycles. The Labute approximate surface area is 210 Å². The zero-order valence-corrected chi connectivity index (χ0v) is 21.3. The molecule has 0 spiro atoms. The van der Waals surface area contributed by atoms with Gasteiger partial charge in [0, 0.05) is 6.54 Å². The minimum atomic E-state index is -0.511. The van der Waals surface area contributed by atoms with Crippen molar-refractivity contribution < 1.29 is 14.3 Å². The van der Waals surface area contributed by atoms with Crippen LogP contribution >= 0.6 is 0 Å². The Kier molecular flexibility index (Phi) is 10.2. The van der Waals surface area contributed by atoms with E-state index in [2.05, 4.69) is 24.5 Å². The molecule has 4 N–H and O–H groups in total. The predicted molar refractivity (Wildman–Crippen MR) is 140 cm³/mol. The molecule has 1 unspecified atom stereocenters. The summed E-state index contributed by atoms with van der Waals surface area (Å²) in [6.07, 6.45) is 5.30. The lowest BCUT2D eigenvalue weighted by atomic mass is 9.99. The van der Waals surface area contributed by atoms with Crippen LogP contribution in [-0.2, 0) is 9.59 Å². The van der Waals surface area contributed by atoms with Crippen LogP contribution in [0.4, 0.5) is 0 Å². The second-order valence-corrected chi connectivity index (χ2v) is 10.00. The maximum Gasteiger partial charge on any atom is 0.237 e. The van der Waals surface area contributed by atoms with E-state index in [0.29, 0.717) is 18.4 Å². The van der Waals surface area contributed by atoms with E-state index in [1.54, 1.807) is 0 Å². The van der Waals surface area contributed by atoms with Gasteiger partial charge in [0.15, 0.2) is 0 Å². The predicted octanol–water partition coefficient (Wildman–Crippen LogP) is 4.71. The van der Waals surface area contributed by atoms with Crippen LogP contribution in [0.2, 0.25) is 0 Å². The monoisotopic (exact) mass is 479 g/mol. The minimum absolute atomic E-state index is 0.0913. The molecule has 2 amide bonds. The Balaban J connectivity index is 1.66. The summed E-state index contributed by atoms with van der Waals surface area (Å²) < 4.78 is 5.93. The van der Waals surface area contributed by atoms with Gasteiger partial charge >= 0.3 is 0 Å². The number of hydrogen-bond acceptors (Lipinski definition) is 4. The number of carbonyl (C=O) groups excluding carboxylic acids is 2. The van der Waals surface area contributed by atoms with Gasteiger partial charge in [0.2, 0.25) is 11.8 Å². The highest BCUT2D eigenvalue weighted by atomic mass is 16.5. The Morgan fingerprint density at radius 3 is 2.31 bits per heavy atom. The summed E-state index contributed by atoms with van der Waals surface area (Å²) in [5, 5.41) is 6.09. The van der Waals surface area contributed by atoms with Gasteiger partial charge in [-0.3, -0.25) is 9.59 Å². The van der Waals surface area contributed by atoms with Crippen molar-refractivity contribution in [1.29, 1.82) is 0 Å². The van der Waals surface area contributed by atoms with Crippen LogP contribution in [-0.4, -0.2) is 31.0 Å². The fraction of sp³-hybridized carbons (Fsp3) is 0.517. The maximum absolute atomic E-state index is 13.1. The summed E-state index contributed by atoms with van der Waals surface area (Å²) in [5.74, 6) is 1.31. The van der Waals surface area contributed by atoms with Crippen molar-refractivity contribution >= 4 is 11.8 Å². The van der Waals surface area contributed by atoms with Gasteiger partial charge < -0.3 is 21.1 Å². The Morgan fingerprint density at radius 2 is 1.69 bits per heavy atom. The molecule has 0 radical (unpaired) electrons. The van der Waals surface area contributed by atoms with Crippen LogP contribution in [0.25, 0.3) is 0 Å². The average Bonchev–Trinajstić information content (AvgIpc) is 3.69. The third kappa shape index (κ3) is 8.70. The molecular formula is C29H41N3O3. The first kappa shape index (κ1) is 26.7. The van der Waals surface area contributed by atoms with E-state index in [1.807, 2.05) is 61.5 Å². The molecular weight excluding hydrogens is 438 g/mol. The molecule has 190 valence electrons. The topological polar surface area (TPSA) is 93.4 Å². The molecule has 0 aliphatic heterocycles. The molecule has 0 saturated heterocycles. The van der Waals surface area contributed by atoms with E-state index in [1.165, 1.54) is 0 Å². The van der Waals surface area contributed by atoms with Gasteiger partial charge in [0.1, 0.15) is 5.75 Å². The van der Waals surface area contributed by atoms with Gasteiger partial charge in [-0.2, -0.15) is 0 Å². The summed E-state index contributed by atoms with van der Waals surface area (Å²) in [6.45, 7) is 7.21. The normalized spacial score (nSPS) is 16.6. The van der Waals surface area contributed by atoms with E-state index < -0.39 is 6.04 Å². The smallest absolute Gasteiger partial charge is 0.237 e. The second kappa shape index (κ2) is 13.3. The third-order valence-corrected chi connectivity index (χ3v) is 6.71. The molecule has 2 aromatic carbocycles. The number of benzene rings is 2. The van der Waals surface area contributed by atoms with Crippen LogP contribution in [0.1, 0.15) is 76.0 Å². The number of hydrogen-bond donors (Lipinski definition) is 3. The van der Waals surface area contributed by atoms with Crippen molar-refractivity contribution in [1.82, 2.24) is 10.6 Å². The molecule has 1 aliphatic carbocycles. The molecule has 0 heterocycles. The molecule has 6 heteroatoms. The number of carbonyl (C=O) groups is 2. The van der Waals surface area contributed by atoms with Crippen molar-refractivity contribution in [2.75, 3.05) is 13.2 Å². The number of rotatable bonds is 14. The van der Waals surface area contributed by atoms with Crippen molar-refractivity contribution in [3.63, 3.8) is 0 Å². The van der Waals surface area contributed by atoms with E-state index >= 15 is 0 Å². The van der Waals surface area contributed by atoms with E-state index in [-0.39, 0.29) is 30.3 Å². The van der Waals surface area contributed by atoms with Crippen molar-refractivity contribution in [2.24, 2.45) is 17.6 Å². The van der Waals surface area contributed by atoms with Crippen molar-refractivity contribution in [3.05, 3.63) is 65.7 Å². The first-order valence-electron chi connectivity index (χ1n) is 13.0. The number of nitrogens with two attached hydrogens (primary N) is 1. The molecule has 4 atom stereocenters. The summed E-state index contributed by atoms with van der Waals surface area (Å²) in [4.78, 5) is 25.7. The largest absolute Gasteiger partial charge is 0.493 e. The number of nitrogens with one attached hydrogen (secondary N) is 2. The van der Waals surface area contributed by atoms with Crippen molar-refractivity contribution in [2.45, 2.75) is 70.9 Å². The highest BCUT2D eigenvalue weighted by Crippen LogP contribution is 2.33. The molecule has 0 aromatic heterocycles. The van der Waals surface area contributed by atoms with Crippen molar-refractivity contribution in [3.8, 4) is 5.75 Å². The average molecular weight is 480 g/mol. The first-order valence-corrected chi connectivity index (χ1v) is 13.0. The first-order chi connectivity index (χ1) is 16.9. The Bertz CT molecular complexity index is 928. The van der Waals surface area contributed by atoms with Gasteiger partial charge in [-0.1, -0.05) is 75.6 Å². The number of ether oxygens (including phenoxy) is 1. The van der Waals surface area contributed by atoms with Gasteiger partial charge in [0.05, 0.1) is 24.6 Å².